The van der Waals surface area contributed by atoms with Crippen LogP contribution in [0.3, 0.4) is 0 Å². The van der Waals surface area contributed by atoms with E-state index in [9.17, 15) is 9.18 Å². The van der Waals surface area contributed by atoms with Gasteiger partial charge in [-0.2, -0.15) is 0 Å². The lowest BCUT2D eigenvalue weighted by Gasteiger charge is -2.41. The van der Waals surface area contributed by atoms with Crippen LogP contribution in [0, 0.1) is 24.6 Å². The summed E-state index contributed by atoms with van der Waals surface area (Å²) in [4.78, 5) is 14.4. The molecule has 2 nitrogen and oxygen atoms in total. The maximum Gasteiger partial charge on any atom is 0.257 e. The lowest BCUT2D eigenvalue weighted by molar-refractivity contribution is 0.0451. The van der Waals surface area contributed by atoms with E-state index in [1.807, 2.05) is 4.90 Å². The van der Waals surface area contributed by atoms with Gasteiger partial charge in [-0.15, -0.1) is 0 Å². The minimum atomic E-state index is -0.384. The molecule has 0 aliphatic carbocycles. The molecular formula is C16H22FNO. The van der Waals surface area contributed by atoms with Crippen molar-refractivity contribution in [2.24, 2.45) is 11.8 Å². The molecule has 2 rings (SSSR count). The Balaban J connectivity index is 2.30. The third kappa shape index (κ3) is 2.65. The minimum Gasteiger partial charge on any atom is -0.335 e. The van der Waals surface area contributed by atoms with Crippen LogP contribution in [0.4, 0.5) is 4.39 Å². The van der Waals surface area contributed by atoms with Crippen LogP contribution in [0.1, 0.15) is 43.1 Å². The fraction of sp³-hybridized carbons (Fsp3) is 0.562. The third-order valence-corrected chi connectivity index (χ3v) is 4.28. The molecule has 1 aromatic rings. The van der Waals surface area contributed by atoms with Crippen molar-refractivity contribution < 1.29 is 9.18 Å². The number of carbonyl (C=O) groups is 1. The monoisotopic (exact) mass is 263 g/mol. The molecule has 104 valence electrons. The van der Waals surface area contributed by atoms with Crippen molar-refractivity contribution in [1.29, 1.82) is 0 Å². The number of piperidine rings is 1. The fourth-order valence-corrected chi connectivity index (χ4v) is 2.95. The molecule has 1 saturated heterocycles. The van der Waals surface area contributed by atoms with Gasteiger partial charge in [0.1, 0.15) is 5.82 Å². The lowest BCUT2D eigenvalue weighted by atomic mass is 9.85. The number of halogens is 1. The second kappa shape index (κ2) is 5.32. The Bertz CT molecular complexity index is 486. The first kappa shape index (κ1) is 14.0. The summed E-state index contributed by atoms with van der Waals surface area (Å²) in [6.45, 7) is 8.78. The highest BCUT2D eigenvalue weighted by molar-refractivity contribution is 5.95. The molecule has 3 atom stereocenters. The topological polar surface area (TPSA) is 20.3 Å². The van der Waals surface area contributed by atoms with E-state index < -0.39 is 0 Å². The van der Waals surface area contributed by atoms with Crippen LogP contribution < -0.4 is 0 Å². The van der Waals surface area contributed by atoms with Gasteiger partial charge < -0.3 is 4.90 Å². The van der Waals surface area contributed by atoms with Gasteiger partial charge >= 0.3 is 0 Å². The molecule has 1 aromatic carbocycles. The zero-order valence-electron chi connectivity index (χ0n) is 12.1. The Labute approximate surface area is 114 Å². The van der Waals surface area contributed by atoms with E-state index >= 15 is 0 Å². The fourth-order valence-electron chi connectivity index (χ4n) is 2.95. The van der Waals surface area contributed by atoms with Crippen LogP contribution in [0.5, 0.6) is 0 Å². The molecule has 1 aliphatic rings. The maximum absolute atomic E-state index is 14.1. The molecule has 0 N–H and O–H groups in total. The number of aryl methyl sites for hydroxylation is 1. The molecule has 0 radical (unpaired) electrons. The Hall–Kier alpha value is -1.38. The molecule has 3 heteroatoms. The van der Waals surface area contributed by atoms with E-state index in [1.54, 1.807) is 25.1 Å². The highest BCUT2D eigenvalue weighted by atomic mass is 19.1. The first-order valence-electron chi connectivity index (χ1n) is 6.98. The van der Waals surface area contributed by atoms with Crippen LogP contribution in [0.2, 0.25) is 0 Å². The number of amides is 1. The van der Waals surface area contributed by atoms with Crippen LogP contribution in [-0.2, 0) is 0 Å². The van der Waals surface area contributed by atoms with Crippen molar-refractivity contribution in [2.45, 2.75) is 40.2 Å². The van der Waals surface area contributed by atoms with Crippen molar-refractivity contribution in [2.75, 3.05) is 6.54 Å². The predicted molar refractivity (Wildman–Crippen MR) is 74.6 cm³/mol. The molecule has 0 bridgehead atoms. The van der Waals surface area contributed by atoms with E-state index in [2.05, 4.69) is 20.8 Å². The molecule has 1 amide bonds. The van der Waals surface area contributed by atoms with Crippen LogP contribution >= 0.6 is 0 Å². The normalized spacial score (nSPS) is 27.4. The summed E-state index contributed by atoms with van der Waals surface area (Å²) in [6, 6.07) is 5.19. The largest absolute Gasteiger partial charge is 0.335 e. The Morgan fingerprint density at radius 2 is 2.00 bits per heavy atom. The zero-order chi connectivity index (χ0) is 14.2. The number of nitrogens with zero attached hydrogens (tertiary/aromatic N) is 1. The molecular weight excluding hydrogens is 241 g/mol. The standard InChI is InChI=1S/C16H22FNO/c1-10-8-12(3)13(4)18(9-10)16(19)14-7-5-6-11(2)15(14)17/h5-7,10,12-13H,8-9H2,1-4H3. The smallest absolute Gasteiger partial charge is 0.257 e. The third-order valence-electron chi connectivity index (χ3n) is 4.28. The molecule has 0 saturated carbocycles. The minimum absolute atomic E-state index is 0.170. The summed E-state index contributed by atoms with van der Waals surface area (Å²) in [6.07, 6.45) is 1.13. The quantitative estimate of drug-likeness (QED) is 0.757. The summed E-state index contributed by atoms with van der Waals surface area (Å²) >= 11 is 0. The van der Waals surface area contributed by atoms with Crippen molar-refractivity contribution >= 4 is 5.91 Å². The number of likely N-dealkylation sites (tertiary alicyclic amines) is 1. The van der Waals surface area contributed by atoms with Gasteiger partial charge in [0.25, 0.3) is 5.91 Å². The SMILES string of the molecule is Cc1cccc(C(=O)N2CC(C)CC(C)C2C)c1F. The van der Waals surface area contributed by atoms with Crippen LogP contribution in [0.25, 0.3) is 0 Å². The second-order valence-corrected chi connectivity index (χ2v) is 5.95. The number of hydrogen-bond acceptors (Lipinski definition) is 1. The Morgan fingerprint density at radius 3 is 2.68 bits per heavy atom. The first-order valence-corrected chi connectivity index (χ1v) is 6.98. The van der Waals surface area contributed by atoms with Crippen molar-refractivity contribution in [3.63, 3.8) is 0 Å². The number of benzene rings is 1. The molecule has 0 spiro atoms. The van der Waals surface area contributed by atoms with Gasteiger partial charge in [-0.3, -0.25) is 4.79 Å². The average Bonchev–Trinajstić information content (AvgIpc) is 2.36. The summed E-state index contributed by atoms with van der Waals surface area (Å²) in [7, 11) is 0. The molecule has 1 aliphatic heterocycles. The maximum atomic E-state index is 14.1. The van der Waals surface area contributed by atoms with Crippen molar-refractivity contribution in [3.05, 3.63) is 35.1 Å². The number of hydrogen-bond donors (Lipinski definition) is 0. The molecule has 19 heavy (non-hydrogen) atoms. The van der Waals surface area contributed by atoms with E-state index in [-0.39, 0.29) is 23.3 Å². The summed E-state index contributed by atoms with van der Waals surface area (Å²) < 4.78 is 14.1. The Kier molecular flexibility index (Phi) is 3.93. The van der Waals surface area contributed by atoms with Gasteiger partial charge in [0.15, 0.2) is 0 Å². The summed E-state index contributed by atoms with van der Waals surface area (Å²) in [5, 5.41) is 0. The van der Waals surface area contributed by atoms with Gasteiger partial charge in [0, 0.05) is 12.6 Å². The van der Waals surface area contributed by atoms with Gasteiger partial charge in [0.2, 0.25) is 0 Å². The van der Waals surface area contributed by atoms with Crippen molar-refractivity contribution in [1.82, 2.24) is 4.90 Å². The average molecular weight is 263 g/mol. The molecule has 1 heterocycles. The summed E-state index contributed by atoms with van der Waals surface area (Å²) in [5.41, 5.74) is 0.727. The lowest BCUT2D eigenvalue weighted by Crippen LogP contribution is -2.49. The Morgan fingerprint density at radius 1 is 1.32 bits per heavy atom. The number of rotatable bonds is 1. The van der Waals surface area contributed by atoms with Crippen LogP contribution in [0.15, 0.2) is 18.2 Å². The zero-order valence-corrected chi connectivity index (χ0v) is 12.1. The van der Waals surface area contributed by atoms with Crippen LogP contribution in [-0.4, -0.2) is 23.4 Å². The van der Waals surface area contributed by atoms with Gasteiger partial charge in [-0.1, -0.05) is 26.0 Å². The van der Waals surface area contributed by atoms with E-state index in [0.29, 0.717) is 17.4 Å². The van der Waals surface area contributed by atoms with E-state index in [4.69, 9.17) is 0 Å². The highest BCUT2D eigenvalue weighted by Gasteiger charge is 2.33. The predicted octanol–water partition coefficient (Wildman–Crippen LogP) is 3.64. The van der Waals surface area contributed by atoms with E-state index in [1.165, 1.54) is 0 Å². The van der Waals surface area contributed by atoms with Crippen molar-refractivity contribution in [3.8, 4) is 0 Å². The van der Waals surface area contributed by atoms with Gasteiger partial charge in [-0.05, 0) is 43.7 Å². The highest BCUT2D eigenvalue weighted by Crippen LogP contribution is 2.28. The first-order chi connectivity index (χ1) is 8.91. The van der Waals surface area contributed by atoms with E-state index in [0.717, 1.165) is 13.0 Å². The number of carbonyl (C=O) groups excluding carboxylic acids is 1. The second-order valence-electron chi connectivity index (χ2n) is 5.95. The summed E-state index contributed by atoms with van der Waals surface area (Å²) in [5.74, 6) is 0.376. The molecule has 0 aromatic heterocycles. The molecule has 3 unspecified atom stereocenters. The van der Waals surface area contributed by atoms with Gasteiger partial charge in [0.05, 0.1) is 5.56 Å². The van der Waals surface area contributed by atoms with Gasteiger partial charge in [-0.25, -0.2) is 4.39 Å². The molecule has 1 fully saturated rings.